The van der Waals surface area contributed by atoms with Crippen LogP contribution in [0.15, 0.2) is 29.1 Å². The molecule has 1 aromatic heterocycles. The van der Waals surface area contributed by atoms with E-state index in [4.69, 9.17) is 0 Å². The molecule has 0 unspecified atom stereocenters. The number of halogens is 2. The monoisotopic (exact) mass is 388 g/mol. The van der Waals surface area contributed by atoms with Gasteiger partial charge in [-0.3, -0.25) is 9.59 Å². The molecule has 1 aliphatic rings. The predicted molar refractivity (Wildman–Crippen MR) is 104 cm³/mol. The van der Waals surface area contributed by atoms with Gasteiger partial charge in [-0.1, -0.05) is 6.07 Å². The van der Waals surface area contributed by atoms with E-state index in [2.05, 4.69) is 0 Å². The van der Waals surface area contributed by atoms with Crippen molar-refractivity contribution in [2.24, 2.45) is 13.0 Å². The molecule has 2 heterocycles. The summed E-state index contributed by atoms with van der Waals surface area (Å²) in [5.41, 5.74) is 1.53. The quantitative estimate of drug-likeness (QED) is 0.800. The number of aromatic nitrogens is 1. The number of carbonyl (C=O) groups excluding carboxylic acids is 1. The first-order valence-corrected chi connectivity index (χ1v) is 9.69. The number of carbonyl (C=O) groups is 1. The molecular weight excluding hydrogens is 362 g/mol. The van der Waals surface area contributed by atoms with Gasteiger partial charge in [0.15, 0.2) is 0 Å². The van der Waals surface area contributed by atoms with Crippen molar-refractivity contribution in [2.75, 3.05) is 13.1 Å². The number of aryl methyl sites for hydroxylation is 2. The van der Waals surface area contributed by atoms with Crippen molar-refractivity contribution in [2.45, 2.75) is 39.5 Å². The van der Waals surface area contributed by atoms with Gasteiger partial charge in [-0.2, -0.15) is 0 Å². The molecule has 1 fully saturated rings. The van der Waals surface area contributed by atoms with Crippen molar-refractivity contribution < 1.29 is 13.6 Å². The van der Waals surface area contributed by atoms with Crippen LogP contribution in [0.25, 0.3) is 0 Å². The molecule has 1 aromatic carbocycles. The van der Waals surface area contributed by atoms with Crippen LogP contribution in [0.2, 0.25) is 0 Å². The Kier molecular flexibility index (Phi) is 5.96. The van der Waals surface area contributed by atoms with Crippen LogP contribution in [0, 0.1) is 31.4 Å². The van der Waals surface area contributed by atoms with Gasteiger partial charge in [0.05, 0.1) is 0 Å². The molecule has 3 rings (SSSR count). The fourth-order valence-electron chi connectivity index (χ4n) is 4.00. The van der Waals surface area contributed by atoms with Crippen molar-refractivity contribution in [3.63, 3.8) is 0 Å². The van der Waals surface area contributed by atoms with E-state index in [1.807, 2.05) is 13.0 Å². The van der Waals surface area contributed by atoms with Gasteiger partial charge in [0, 0.05) is 31.4 Å². The van der Waals surface area contributed by atoms with E-state index in [0.29, 0.717) is 31.5 Å². The van der Waals surface area contributed by atoms with Gasteiger partial charge >= 0.3 is 0 Å². The Hall–Kier alpha value is -2.50. The van der Waals surface area contributed by atoms with Crippen molar-refractivity contribution in [1.82, 2.24) is 9.47 Å². The van der Waals surface area contributed by atoms with Gasteiger partial charge < -0.3 is 9.47 Å². The number of piperidine rings is 1. The zero-order valence-electron chi connectivity index (χ0n) is 16.6. The summed E-state index contributed by atoms with van der Waals surface area (Å²) in [7, 11) is 1.66. The lowest BCUT2D eigenvalue weighted by molar-refractivity contribution is 0.0664. The molecule has 150 valence electrons. The third-order valence-corrected chi connectivity index (χ3v) is 5.75. The highest BCUT2D eigenvalue weighted by Crippen LogP contribution is 2.24. The Bertz CT molecular complexity index is 932. The van der Waals surface area contributed by atoms with Crippen LogP contribution in [0.1, 0.15) is 46.4 Å². The molecule has 0 saturated carbocycles. The van der Waals surface area contributed by atoms with Crippen LogP contribution in [0.5, 0.6) is 0 Å². The third-order valence-electron chi connectivity index (χ3n) is 5.75. The van der Waals surface area contributed by atoms with E-state index in [9.17, 15) is 18.4 Å². The van der Waals surface area contributed by atoms with Gasteiger partial charge in [-0.05, 0) is 69.2 Å². The Morgan fingerprint density at radius 1 is 1.21 bits per heavy atom. The topological polar surface area (TPSA) is 42.3 Å². The Balaban J connectivity index is 1.73. The Labute approximate surface area is 163 Å². The van der Waals surface area contributed by atoms with Crippen molar-refractivity contribution >= 4 is 5.91 Å². The highest BCUT2D eigenvalue weighted by atomic mass is 19.1. The van der Waals surface area contributed by atoms with E-state index in [1.165, 1.54) is 22.8 Å². The van der Waals surface area contributed by atoms with Crippen molar-refractivity contribution in [3.05, 3.63) is 68.6 Å². The van der Waals surface area contributed by atoms with Crippen LogP contribution in [-0.4, -0.2) is 28.5 Å². The standard InChI is InChI=1S/C22H26F2N2O2/c1-14-12-15(2)25(3)21(27)20(14)22(28)26-11-5-6-16(13-26)9-10-17-18(23)7-4-8-19(17)24/h4,7-8,12,16H,5-6,9-11,13H2,1-3H3/t16-/m0/s1. The smallest absolute Gasteiger partial charge is 0.263 e. The molecule has 1 amide bonds. The molecule has 0 radical (unpaired) electrons. The summed E-state index contributed by atoms with van der Waals surface area (Å²) in [4.78, 5) is 27.3. The molecule has 6 heteroatoms. The molecule has 2 aromatic rings. The number of hydrogen-bond donors (Lipinski definition) is 0. The van der Waals surface area contributed by atoms with Crippen LogP contribution >= 0.6 is 0 Å². The summed E-state index contributed by atoms with van der Waals surface area (Å²) < 4.78 is 29.2. The number of benzene rings is 1. The molecule has 28 heavy (non-hydrogen) atoms. The fourth-order valence-corrected chi connectivity index (χ4v) is 4.00. The SMILES string of the molecule is Cc1cc(C)n(C)c(=O)c1C(=O)N1CCC[C@@H](CCc2c(F)cccc2F)C1. The van der Waals surface area contributed by atoms with Crippen molar-refractivity contribution in [3.8, 4) is 0 Å². The number of hydrogen-bond acceptors (Lipinski definition) is 2. The minimum atomic E-state index is -0.525. The largest absolute Gasteiger partial charge is 0.338 e. The van der Waals surface area contributed by atoms with Gasteiger partial charge in [0.25, 0.3) is 11.5 Å². The second-order valence-electron chi connectivity index (χ2n) is 7.71. The van der Waals surface area contributed by atoms with E-state index in [0.717, 1.165) is 18.5 Å². The number of pyridine rings is 1. The molecular formula is C22H26F2N2O2. The minimum Gasteiger partial charge on any atom is -0.338 e. The maximum Gasteiger partial charge on any atom is 0.263 e. The van der Waals surface area contributed by atoms with E-state index < -0.39 is 11.6 Å². The van der Waals surface area contributed by atoms with Gasteiger partial charge in [-0.25, -0.2) is 8.78 Å². The minimum absolute atomic E-state index is 0.106. The molecule has 1 saturated heterocycles. The first-order chi connectivity index (χ1) is 13.3. The molecule has 0 bridgehead atoms. The zero-order valence-corrected chi connectivity index (χ0v) is 16.6. The first kappa shape index (κ1) is 20.2. The van der Waals surface area contributed by atoms with Crippen LogP contribution in [-0.2, 0) is 13.5 Å². The zero-order chi connectivity index (χ0) is 20.4. The second-order valence-corrected chi connectivity index (χ2v) is 7.71. The highest BCUT2D eigenvalue weighted by molar-refractivity contribution is 5.95. The molecule has 0 aliphatic carbocycles. The lowest BCUT2D eigenvalue weighted by atomic mass is 9.91. The molecule has 4 nitrogen and oxygen atoms in total. The van der Waals surface area contributed by atoms with Gasteiger partial charge in [-0.15, -0.1) is 0 Å². The van der Waals surface area contributed by atoms with E-state index in [-0.39, 0.29) is 28.5 Å². The first-order valence-electron chi connectivity index (χ1n) is 9.69. The normalized spacial score (nSPS) is 17.0. The maximum atomic E-state index is 13.8. The lowest BCUT2D eigenvalue weighted by Crippen LogP contribution is -2.43. The van der Waals surface area contributed by atoms with Crippen LogP contribution in [0.3, 0.4) is 0 Å². The summed E-state index contributed by atoms with van der Waals surface area (Å²) >= 11 is 0. The Morgan fingerprint density at radius 2 is 1.89 bits per heavy atom. The third kappa shape index (κ3) is 4.01. The average Bonchev–Trinajstić information content (AvgIpc) is 2.66. The Morgan fingerprint density at radius 3 is 2.57 bits per heavy atom. The van der Waals surface area contributed by atoms with Crippen LogP contribution in [0.4, 0.5) is 8.78 Å². The van der Waals surface area contributed by atoms with Crippen molar-refractivity contribution in [1.29, 1.82) is 0 Å². The maximum absolute atomic E-state index is 13.8. The summed E-state index contributed by atoms with van der Waals surface area (Å²) in [5, 5.41) is 0. The second kappa shape index (κ2) is 8.25. The molecule has 1 aliphatic heterocycles. The summed E-state index contributed by atoms with van der Waals surface area (Å²) in [6, 6.07) is 5.74. The summed E-state index contributed by atoms with van der Waals surface area (Å²) in [6.07, 6.45) is 2.63. The number of amides is 1. The number of nitrogens with zero attached hydrogens (tertiary/aromatic N) is 2. The van der Waals surface area contributed by atoms with Crippen LogP contribution < -0.4 is 5.56 Å². The molecule has 0 N–H and O–H groups in total. The number of rotatable bonds is 4. The molecule has 1 atom stereocenters. The molecule has 0 spiro atoms. The lowest BCUT2D eigenvalue weighted by Gasteiger charge is -2.33. The fraction of sp³-hybridized carbons (Fsp3) is 0.455. The summed E-state index contributed by atoms with van der Waals surface area (Å²) in [6.45, 7) is 4.72. The van der Waals surface area contributed by atoms with E-state index in [1.54, 1.807) is 18.9 Å². The highest BCUT2D eigenvalue weighted by Gasteiger charge is 2.28. The predicted octanol–water partition coefficient (Wildman–Crippen LogP) is 3.77. The van der Waals surface area contributed by atoms with Gasteiger partial charge in [0.2, 0.25) is 0 Å². The average molecular weight is 388 g/mol. The van der Waals surface area contributed by atoms with E-state index >= 15 is 0 Å². The van der Waals surface area contributed by atoms with Gasteiger partial charge in [0.1, 0.15) is 17.2 Å². The number of likely N-dealkylation sites (tertiary alicyclic amines) is 1. The summed E-state index contributed by atoms with van der Waals surface area (Å²) in [5.74, 6) is -1.14.